The van der Waals surface area contributed by atoms with Gasteiger partial charge in [0.25, 0.3) is 5.01 Å². The number of hydrogen-bond donors (Lipinski definition) is 0. The largest absolute Gasteiger partial charge is 0.338 e. The summed E-state index contributed by atoms with van der Waals surface area (Å²) in [5.41, 5.74) is 3.94. The molecule has 4 rings (SSSR count). The number of aryl methyl sites for hydroxylation is 1. The molecule has 0 aliphatic carbocycles. The first-order valence-corrected chi connectivity index (χ1v) is 10.1. The van der Waals surface area contributed by atoms with E-state index >= 15 is 0 Å². The smallest absolute Gasteiger partial charge is 0.262 e. The Hall–Kier alpha value is -2.04. The van der Waals surface area contributed by atoms with E-state index in [0.29, 0.717) is 0 Å². The maximum atomic E-state index is 2.33. The van der Waals surface area contributed by atoms with Crippen molar-refractivity contribution in [1.82, 2.24) is 0 Å². The molecule has 0 N–H and O–H groups in total. The van der Waals surface area contributed by atoms with Gasteiger partial charge in [-0.25, -0.2) is 0 Å². The number of benzene rings is 2. The van der Waals surface area contributed by atoms with Crippen LogP contribution in [0, 0.1) is 0 Å². The zero-order chi connectivity index (χ0) is 17.4. The Balaban J connectivity index is 1.71. The number of thioether (sulfide) groups is 1. The molecule has 0 spiro atoms. The molecule has 0 bridgehead atoms. The molecule has 2 aromatic carbocycles. The number of hydrogen-bond acceptors (Lipinski definition) is 3. The summed E-state index contributed by atoms with van der Waals surface area (Å²) in [5.74, 6) is 0. The highest BCUT2D eigenvalue weighted by Crippen LogP contribution is 2.45. The normalized spacial score (nSPS) is 16.0. The second kappa shape index (κ2) is 6.70. The monoisotopic (exact) mass is 365 g/mol. The van der Waals surface area contributed by atoms with Crippen LogP contribution >= 0.6 is 23.1 Å². The van der Waals surface area contributed by atoms with Crippen molar-refractivity contribution in [1.29, 1.82) is 0 Å². The molecule has 0 unspecified atom stereocenters. The van der Waals surface area contributed by atoms with Gasteiger partial charge in [-0.1, -0.05) is 54.3 Å². The van der Waals surface area contributed by atoms with Crippen molar-refractivity contribution in [3.05, 3.63) is 70.2 Å². The number of fused-ring (bicyclic) bond motifs is 2. The molecule has 1 aliphatic heterocycles. The minimum Gasteiger partial charge on any atom is -0.338 e. The highest BCUT2D eigenvalue weighted by atomic mass is 32.2. The molecule has 2 heterocycles. The summed E-state index contributed by atoms with van der Waals surface area (Å²) in [4.78, 5) is 3.62. The quantitative estimate of drug-likeness (QED) is 0.558. The maximum absolute atomic E-state index is 2.33. The third kappa shape index (κ3) is 3.00. The Bertz CT molecular complexity index is 998. The molecule has 0 saturated carbocycles. The van der Waals surface area contributed by atoms with Crippen LogP contribution in [0.5, 0.6) is 0 Å². The van der Waals surface area contributed by atoms with Gasteiger partial charge in [-0.3, -0.25) is 0 Å². The molecule has 25 heavy (non-hydrogen) atoms. The lowest BCUT2D eigenvalue weighted by molar-refractivity contribution is -0.642. The average Bonchev–Trinajstić information content (AvgIpc) is 3.12. The molecule has 1 aliphatic rings. The molecule has 0 atom stereocenters. The average molecular weight is 366 g/mol. The Morgan fingerprint density at radius 2 is 1.88 bits per heavy atom. The van der Waals surface area contributed by atoms with Gasteiger partial charge in [0, 0.05) is 24.1 Å². The van der Waals surface area contributed by atoms with Crippen LogP contribution in [0.3, 0.4) is 0 Å². The van der Waals surface area contributed by atoms with Crippen LogP contribution in [-0.4, -0.2) is 7.05 Å². The predicted molar refractivity (Wildman–Crippen MR) is 110 cm³/mol. The highest BCUT2D eigenvalue weighted by Gasteiger charge is 2.21. The third-order valence-electron chi connectivity index (χ3n) is 4.57. The summed E-state index contributed by atoms with van der Waals surface area (Å²) < 4.78 is 3.62. The fraction of sp³-hybridized carbons (Fsp3) is 0.190. The van der Waals surface area contributed by atoms with E-state index in [1.54, 1.807) is 0 Å². The van der Waals surface area contributed by atoms with Crippen LogP contribution in [0.15, 0.2) is 70.1 Å². The van der Waals surface area contributed by atoms with E-state index in [0.717, 1.165) is 6.42 Å². The molecule has 0 amide bonds. The van der Waals surface area contributed by atoms with Crippen LogP contribution in [0.1, 0.15) is 18.4 Å². The van der Waals surface area contributed by atoms with E-state index in [1.165, 1.54) is 36.4 Å². The van der Waals surface area contributed by atoms with Crippen molar-refractivity contribution in [2.45, 2.75) is 18.2 Å². The first-order chi connectivity index (χ1) is 12.2. The molecule has 4 heteroatoms. The fourth-order valence-corrected chi connectivity index (χ4v) is 5.31. The summed E-state index contributed by atoms with van der Waals surface area (Å²) in [7, 11) is 4.30. The second-order valence-corrected chi connectivity index (χ2v) is 8.28. The molecular formula is C21H21N2S2+. The van der Waals surface area contributed by atoms with E-state index in [9.17, 15) is 0 Å². The number of para-hydroxylation sites is 2. The van der Waals surface area contributed by atoms with Crippen molar-refractivity contribution in [3.8, 4) is 0 Å². The summed E-state index contributed by atoms with van der Waals surface area (Å²) in [5, 5.41) is 2.58. The van der Waals surface area contributed by atoms with Crippen LogP contribution in [0.2, 0.25) is 0 Å². The van der Waals surface area contributed by atoms with Crippen molar-refractivity contribution in [3.63, 3.8) is 0 Å². The van der Waals surface area contributed by atoms with Gasteiger partial charge in [0.15, 0.2) is 0 Å². The fourth-order valence-electron chi connectivity index (χ4n) is 3.06. The van der Waals surface area contributed by atoms with E-state index in [4.69, 9.17) is 0 Å². The van der Waals surface area contributed by atoms with E-state index in [1.807, 2.05) is 23.1 Å². The van der Waals surface area contributed by atoms with Gasteiger partial charge >= 0.3 is 0 Å². The van der Waals surface area contributed by atoms with Crippen LogP contribution in [0.25, 0.3) is 16.3 Å². The number of rotatable bonds is 3. The zero-order valence-electron chi connectivity index (χ0n) is 14.7. The van der Waals surface area contributed by atoms with E-state index < -0.39 is 0 Å². The summed E-state index contributed by atoms with van der Waals surface area (Å²) in [6.07, 6.45) is 5.67. The van der Waals surface area contributed by atoms with Crippen molar-refractivity contribution in [2.75, 3.05) is 11.9 Å². The standard InChI is InChI=1S/C21H21N2S2/c1-4-15(13-20-22(2)16-9-5-7-11-18(16)24-20)14-21-23(3)17-10-6-8-12-19(17)25-21/h5-14H,4H2,1-3H3/q+1. The van der Waals surface area contributed by atoms with Crippen molar-refractivity contribution < 1.29 is 4.57 Å². The Morgan fingerprint density at radius 3 is 2.64 bits per heavy atom. The SMILES string of the molecule is CCC(=Cc1sc2ccccc2[n+]1C)C=C1Sc2ccccc2N1C. The topological polar surface area (TPSA) is 7.12 Å². The minimum absolute atomic E-state index is 1.02. The number of thiazole rings is 1. The van der Waals surface area contributed by atoms with Crippen LogP contribution < -0.4 is 9.47 Å². The summed E-state index contributed by atoms with van der Waals surface area (Å²) >= 11 is 3.70. The first-order valence-electron chi connectivity index (χ1n) is 8.48. The number of nitrogens with zero attached hydrogens (tertiary/aromatic N) is 2. The second-order valence-electron chi connectivity index (χ2n) is 6.15. The zero-order valence-corrected chi connectivity index (χ0v) is 16.3. The van der Waals surface area contributed by atoms with Gasteiger partial charge in [0.1, 0.15) is 11.7 Å². The lowest BCUT2D eigenvalue weighted by Crippen LogP contribution is -2.28. The van der Waals surface area contributed by atoms with Crippen LogP contribution in [0.4, 0.5) is 5.69 Å². The minimum atomic E-state index is 1.02. The molecule has 0 radical (unpaired) electrons. The third-order valence-corrected chi connectivity index (χ3v) is 6.90. The van der Waals surface area contributed by atoms with Gasteiger partial charge in [-0.05, 0) is 36.3 Å². The lowest BCUT2D eigenvalue weighted by Gasteiger charge is -2.13. The number of allylic oxidation sites excluding steroid dienone is 2. The number of aromatic nitrogens is 1. The molecule has 0 saturated heterocycles. The maximum Gasteiger partial charge on any atom is 0.262 e. The Labute approximate surface area is 157 Å². The molecule has 3 aromatic rings. The first kappa shape index (κ1) is 16.4. The van der Waals surface area contributed by atoms with Gasteiger partial charge in [0.05, 0.1) is 10.7 Å². The summed E-state index contributed by atoms with van der Waals surface area (Å²) in [6, 6.07) is 17.2. The van der Waals surface area contributed by atoms with E-state index in [2.05, 4.69) is 91.2 Å². The van der Waals surface area contributed by atoms with Crippen LogP contribution in [-0.2, 0) is 7.05 Å². The highest BCUT2D eigenvalue weighted by molar-refractivity contribution is 8.03. The molecule has 0 fully saturated rings. The molecule has 2 nitrogen and oxygen atoms in total. The lowest BCUT2D eigenvalue weighted by atomic mass is 10.2. The molecule has 126 valence electrons. The molecule has 1 aromatic heterocycles. The van der Waals surface area contributed by atoms with E-state index in [-0.39, 0.29) is 0 Å². The number of anilines is 1. The summed E-state index contributed by atoms with van der Waals surface area (Å²) in [6.45, 7) is 2.23. The van der Waals surface area contributed by atoms with Gasteiger partial charge < -0.3 is 4.90 Å². The van der Waals surface area contributed by atoms with Crippen molar-refractivity contribution >= 4 is 45.1 Å². The van der Waals surface area contributed by atoms with Gasteiger partial charge in [-0.15, -0.1) is 0 Å². The van der Waals surface area contributed by atoms with Gasteiger partial charge in [-0.2, -0.15) is 4.57 Å². The van der Waals surface area contributed by atoms with Gasteiger partial charge in [0.2, 0.25) is 5.52 Å². The Morgan fingerprint density at radius 1 is 1.12 bits per heavy atom. The Kier molecular flexibility index (Phi) is 4.40. The molecular weight excluding hydrogens is 344 g/mol. The predicted octanol–water partition coefficient (Wildman–Crippen LogP) is 5.60. The van der Waals surface area contributed by atoms with Crippen molar-refractivity contribution in [2.24, 2.45) is 7.05 Å².